The van der Waals surface area contributed by atoms with E-state index in [4.69, 9.17) is 39.5 Å². The lowest BCUT2D eigenvalue weighted by molar-refractivity contribution is 0.453. The monoisotopic (exact) mass is 469 g/mol. The number of nitrogens with one attached hydrogen (secondary N) is 1. The molecule has 0 unspecified atom stereocenters. The second-order valence-electron chi connectivity index (χ2n) is 6.54. The Morgan fingerprint density at radius 1 is 1.07 bits per heavy atom. The van der Waals surface area contributed by atoms with Gasteiger partial charge < -0.3 is 4.74 Å². The number of hydrogen-bond acceptors (Lipinski definition) is 6. The van der Waals surface area contributed by atoms with Crippen molar-refractivity contribution in [3.05, 3.63) is 59.8 Å². The van der Waals surface area contributed by atoms with Crippen molar-refractivity contribution >= 4 is 34.8 Å². The molecule has 0 atom stereocenters. The highest BCUT2D eigenvalue weighted by Gasteiger charge is 2.18. The van der Waals surface area contributed by atoms with Crippen LogP contribution in [0.5, 0.6) is 11.6 Å². The Bertz CT molecular complexity index is 1180. The van der Waals surface area contributed by atoms with Gasteiger partial charge >= 0.3 is 5.69 Å². The third-order valence-electron chi connectivity index (χ3n) is 4.64. The Kier molecular flexibility index (Phi) is 6.80. The molecule has 2 aromatic heterocycles. The third-order valence-corrected chi connectivity index (χ3v) is 5.49. The summed E-state index contributed by atoms with van der Waals surface area (Å²) in [7, 11) is 1.42. The van der Waals surface area contributed by atoms with Crippen LogP contribution in [0.1, 0.15) is 38.2 Å². The number of nitrogens with zero attached hydrogens (tertiary/aromatic N) is 4. The fourth-order valence-corrected chi connectivity index (χ4v) is 3.81. The molecule has 3 rings (SSSR count). The molecule has 0 aliphatic heterocycles. The van der Waals surface area contributed by atoms with E-state index < -0.39 is 11.2 Å². The van der Waals surface area contributed by atoms with E-state index in [9.17, 15) is 9.59 Å². The highest BCUT2D eigenvalue weighted by atomic mass is 35.5. The van der Waals surface area contributed by atoms with Gasteiger partial charge in [-0.3, -0.25) is 9.78 Å². The maximum Gasteiger partial charge on any atom is 0.344 e. The fraction of sp³-hybridized carbons (Fsp3) is 0.316. The Labute approximate surface area is 186 Å². The summed E-state index contributed by atoms with van der Waals surface area (Å²) < 4.78 is 6.79. The molecule has 158 valence electrons. The second kappa shape index (κ2) is 9.16. The van der Waals surface area contributed by atoms with Crippen molar-refractivity contribution in [1.82, 2.24) is 25.0 Å². The normalized spacial score (nSPS) is 11.2. The zero-order valence-corrected chi connectivity index (χ0v) is 18.6. The zero-order chi connectivity index (χ0) is 22.0. The molecule has 0 saturated carbocycles. The van der Waals surface area contributed by atoms with Crippen molar-refractivity contribution in [3.63, 3.8) is 0 Å². The van der Waals surface area contributed by atoms with Gasteiger partial charge in [0.25, 0.3) is 5.56 Å². The summed E-state index contributed by atoms with van der Waals surface area (Å²) in [6.45, 7) is 4.13. The minimum atomic E-state index is -0.655. The van der Waals surface area contributed by atoms with E-state index in [0.717, 1.165) is 23.1 Å². The third kappa shape index (κ3) is 4.50. The molecule has 1 N–H and O–H groups in total. The fourth-order valence-electron chi connectivity index (χ4n) is 3.00. The second-order valence-corrected chi connectivity index (χ2v) is 7.72. The molecule has 0 radical (unpaired) electrons. The average Bonchev–Trinajstić information content (AvgIpc) is 2.70. The first-order valence-corrected chi connectivity index (χ1v) is 10.3. The number of halogens is 3. The number of aromatic amines is 1. The number of ether oxygens (including phenoxy) is 1. The SMILES string of the molecule is CCC(CC)c1cc(Oc2c(Cl)cc(-c3nn(C)c(=O)[nH]c3=O)cc2Cl)nnc1Cl. The first-order chi connectivity index (χ1) is 14.2. The molecule has 0 fully saturated rings. The van der Waals surface area contributed by atoms with Gasteiger partial charge in [-0.05, 0) is 36.5 Å². The topological polar surface area (TPSA) is 103 Å². The summed E-state index contributed by atoms with van der Waals surface area (Å²) in [6, 6.07) is 4.65. The van der Waals surface area contributed by atoms with Crippen LogP contribution in [0, 0.1) is 0 Å². The maximum atomic E-state index is 12.1. The molecule has 0 bridgehead atoms. The molecule has 11 heteroatoms. The van der Waals surface area contributed by atoms with Crippen LogP contribution >= 0.6 is 34.8 Å². The van der Waals surface area contributed by atoms with Gasteiger partial charge in [0.05, 0.1) is 10.0 Å². The van der Waals surface area contributed by atoms with Crippen LogP contribution in [0.2, 0.25) is 15.2 Å². The summed E-state index contributed by atoms with van der Waals surface area (Å²) in [5, 5.41) is 12.5. The van der Waals surface area contributed by atoms with Crippen LogP contribution in [-0.2, 0) is 7.05 Å². The number of aromatic nitrogens is 5. The van der Waals surface area contributed by atoms with Crippen LogP contribution in [0.3, 0.4) is 0 Å². The minimum absolute atomic E-state index is 0.00486. The lowest BCUT2D eigenvalue weighted by Crippen LogP contribution is -2.31. The van der Waals surface area contributed by atoms with Crippen molar-refractivity contribution in [2.45, 2.75) is 32.6 Å². The van der Waals surface area contributed by atoms with Gasteiger partial charge in [0.15, 0.2) is 16.6 Å². The predicted octanol–water partition coefficient (Wildman–Crippen LogP) is 4.58. The molecule has 0 spiro atoms. The van der Waals surface area contributed by atoms with Gasteiger partial charge in [-0.15, -0.1) is 10.2 Å². The van der Waals surface area contributed by atoms with E-state index in [-0.39, 0.29) is 33.3 Å². The molecule has 8 nitrogen and oxygen atoms in total. The largest absolute Gasteiger partial charge is 0.434 e. The first kappa shape index (κ1) is 22.3. The molecule has 0 amide bonds. The Morgan fingerprint density at radius 2 is 1.70 bits per heavy atom. The number of benzene rings is 1. The standard InChI is InChI=1S/C19H18Cl3N5O3/c1-4-9(5-2)11-8-14(24-25-17(11)22)30-16-12(20)6-10(7-13(16)21)15-18(28)23-19(29)27(3)26-15/h6-9H,4-5H2,1-3H3,(H,23,28,29). The molecular weight excluding hydrogens is 453 g/mol. The highest BCUT2D eigenvalue weighted by molar-refractivity contribution is 6.37. The lowest BCUT2D eigenvalue weighted by Gasteiger charge is -2.15. The van der Waals surface area contributed by atoms with Crippen molar-refractivity contribution in [2.24, 2.45) is 7.05 Å². The maximum absolute atomic E-state index is 12.1. The summed E-state index contributed by atoms with van der Waals surface area (Å²) in [5.41, 5.74) is -0.131. The molecule has 3 aromatic rings. The van der Waals surface area contributed by atoms with E-state index in [1.807, 2.05) is 0 Å². The molecular formula is C19H18Cl3N5O3. The summed E-state index contributed by atoms with van der Waals surface area (Å²) in [5.74, 6) is 0.553. The van der Waals surface area contributed by atoms with Crippen LogP contribution in [0.15, 0.2) is 27.8 Å². The van der Waals surface area contributed by atoms with Gasteiger partial charge in [0, 0.05) is 18.7 Å². The van der Waals surface area contributed by atoms with E-state index in [1.54, 1.807) is 6.07 Å². The van der Waals surface area contributed by atoms with Gasteiger partial charge in [0.2, 0.25) is 5.88 Å². The number of aryl methyl sites for hydroxylation is 1. The van der Waals surface area contributed by atoms with Gasteiger partial charge in [-0.25, -0.2) is 9.48 Å². The van der Waals surface area contributed by atoms with E-state index in [0.29, 0.717) is 10.7 Å². The number of hydrogen-bond donors (Lipinski definition) is 1. The Hall–Kier alpha value is -2.42. The van der Waals surface area contributed by atoms with Crippen molar-refractivity contribution < 1.29 is 4.74 Å². The molecule has 2 heterocycles. The molecule has 1 aromatic carbocycles. The predicted molar refractivity (Wildman–Crippen MR) is 116 cm³/mol. The molecule has 30 heavy (non-hydrogen) atoms. The van der Waals surface area contributed by atoms with Crippen LogP contribution < -0.4 is 16.0 Å². The molecule has 0 aliphatic carbocycles. The van der Waals surface area contributed by atoms with Gasteiger partial charge in [0.1, 0.15) is 0 Å². The number of rotatable bonds is 6. The summed E-state index contributed by atoms with van der Waals surface area (Å²) in [6.07, 6.45) is 1.78. The molecule has 0 aliphatic rings. The van der Waals surface area contributed by atoms with E-state index in [2.05, 4.69) is 34.1 Å². The summed E-state index contributed by atoms with van der Waals surface area (Å²) >= 11 is 18.9. The number of H-pyrrole nitrogens is 1. The van der Waals surface area contributed by atoms with Gasteiger partial charge in [-0.1, -0.05) is 48.7 Å². The van der Waals surface area contributed by atoms with Crippen LogP contribution in [-0.4, -0.2) is 25.0 Å². The minimum Gasteiger partial charge on any atom is -0.434 e. The highest BCUT2D eigenvalue weighted by Crippen LogP contribution is 2.39. The Morgan fingerprint density at radius 3 is 2.30 bits per heavy atom. The lowest BCUT2D eigenvalue weighted by atomic mass is 9.96. The quantitative estimate of drug-likeness (QED) is 0.565. The van der Waals surface area contributed by atoms with Crippen molar-refractivity contribution in [3.8, 4) is 22.9 Å². The first-order valence-electron chi connectivity index (χ1n) is 9.13. The summed E-state index contributed by atoms with van der Waals surface area (Å²) in [4.78, 5) is 25.8. The van der Waals surface area contributed by atoms with Crippen LogP contribution in [0.25, 0.3) is 11.3 Å². The van der Waals surface area contributed by atoms with E-state index >= 15 is 0 Å². The average molecular weight is 471 g/mol. The van der Waals surface area contributed by atoms with E-state index in [1.165, 1.54) is 19.2 Å². The van der Waals surface area contributed by atoms with Crippen molar-refractivity contribution in [1.29, 1.82) is 0 Å². The Balaban J connectivity index is 2.00. The van der Waals surface area contributed by atoms with Gasteiger partial charge in [-0.2, -0.15) is 5.10 Å². The smallest absolute Gasteiger partial charge is 0.344 e. The zero-order valence-electron chi connectivity index (χ0n) is 16.4. The van der Waals surface area contributed by atoms with Crippen molar-refractivity contribution in [2.75, 3.05) is 0 Å². The van der Waals surface area contributed by atoms with Crippen LogP contribution in [0.4, 0.5) is 0 Å². The molecule has 0 saturated heterocycles.